The van der Waals surface area contributed by atoms with Crippen molar-refractivity contribution in [3.63, 3.8) is 0 Å². The number of rotatable bonds is 6. The summed E-state index contributed by atoms with van der Waals surface area (Å²) in [7, 11) is 0. The Labute approximate surface area is 134 Å². The smallest absolute Gasteiger partial charge is 0.0669 e. The predicted molar refractivity (Wildman–Crippen MR) is 87.3 cm³/mol. The molecular formula is C16H29ClN4. The Morgan fingerprint density at radius 3 is 2.67 bits per heavy atom. The minimum atomic E-state index is 0.0809. The summed E-state index contributed by atoms with van der Waals surface area (Å²) in [5, 5.41) is 9.13. The Kier molecular flexibility index (Phi) is 6.75. The van der Waals surface area contributed by atoms with Crippen molar-refractivity contribution in [1.82, 2.24) is 9.80 Å². The van der Waals surface area contributed by atoms with Gasteiger partial charge in [-0.25, -0.2) is 0 Å². The van der Waals surface area contributed by atoms with Gasteiger partial charge in [-0.2, -0.15) is 5.26 Å². The normalized spacial score (nSPS) is 35.0. The van der Waals surface area contributed by atoms with E-state index in [9.17, 15) is 0 Å². The van der Waals surface area contributed by atoms with Crippen LogP contribution in [0.1, 0.15) is 39.0 Å². The number of hydrogen-bond acceptors (Lipinski definition) is 4. The lowest BCUT2D eigenvalue weighted by Crippen LogP contribution is -2.62. The fourth-order valence-corrected chi connectivity index (χ4v) is 4.25. The van der Waals surface area contributed by atoms with Gasteiger partial charge in [0.15, 0.2) is 0 Å². The summed E-state index contributed by atoms with van der Waals surface area (Å²) >= 11 is 6.64. The van der Waals surface area contributed by atoms with Crippen LogP contribution in [0.15, 0.2) is 0 Å². The summed E-state index contributed by atoms with van der Waals surface area (Å²) in [6.07, 6.45) is 6.10. The van der Waals surface area contributed by atoms with Crippen LogP contribution in [0, 0.1) is 17.2 Å². The number of likely N-dealkylation sites (tertiary alicyclic amines) is 2. The first-order valence-corrected chi connectivity index (χ1v) is 8.85. The fraction of sp³-hybridized carbons (Fsp3) is 0.938. The van der Waals surface area contributed by atoms with Gasteiger partial charge in [0.2, 0.25) is 0 Å². The molecule has 0 aromatic heterocycles. The zero-order chi connectivity index (χ0) is 15.2. The zero-order valence-corrected chi connectivity index (χ0v) is 13.9. The maximum Gasteiger partial charge on any atom is 0.0669 e. The molecule has 0 aromatic rings. The highest BCUT2D eigenvalue weighted by Gasteiger charge is 2.40. The molecule has 21 heavy (non-hydrogen) atoms. The van der Waals surface area contributed by atoms with Gasteiger partial charge in [-0.1, -0.05) is 26.2 Å². The van der Waals surface area contributed by atoms with Gasteiger partial charge in [0, 0.05) is 31.7 Å². The van der Waals surface area contributed by atoms with Gasteiger partial charge in [-0.3, -0.25) is 4.90 Å². The Morgan fingerprint density at radius 2 is 2.05 bits per heavy atom. The lowest BCUT2D eigenvalue weighted by Gasteiger charge is -2.44. The molecule has 2 aliphatic heterocycles. The second-order valence-electron chi connectivity index (χ2n) is 6.60. The maximum atomic E-state index is 9.05. The minimum Gasteiger partial charge on any atom is -0.325 e. The SMILES string of the molecule is CCCCCCN1CC(N)C(N2CC[C@@H](C#N)C2)C(Cl)C1. The Hall–Kier alpha value is -0.340. The lowest BCUT2D eigenvalue weighted by atomic mass is 9.97. The van der Waals surface area contributed by atoms with E-state index < -0.39 is 0 Å². The summed E-state index contributed by atoms with van der Waals surface area (Å²) in [5.41, 5.74) is 6.41. The molecule has 2 rings (SSSR count). The van der Waals surface area contributed by atoms with Crippen LogP contribution in [0.25, 0.3) is 0 Å². The van der Waals surface area contributed by atoms with Crippen LogP contribution in [0.2, 0.25) is 0 Å². The fourth-order valence-electron chi connectivity index (χ4n) is 3.71. The summed E-state index contributed by atoms with van der Waals surface area (Å²) < 4.78 is 0. The first kappa shape index (κ1) is 17.0. The van der Waals surface area contributed by atoms with E-state index >= 15 is 0 Å². The Balaban J connectivity index is 1.81. The molecule has 4 nitrogen and oxygen atoms in total. The van der Waals surface area contributed by atoms with Gasteiger partial charge in [0.05, 0.1) is 17.4 Å². The molecule has 2 saturated heterocycles. The van der Waals surface area contributed by atoms with E-state index in [-0.39, 0.29) is 23.4 Å². The molecule has 120 valence electrons. The van der Waals surface area contributed by atoms with E-state index in [0.29, 0.717) is 0 Å². The largest absolute Gasteiger partial charge is 0.325 e. The van der Waals surface area contributed by atoms with E-state index in [1.165, 1.54) is 25.7 Å². The first-order valence-electron chi connectivity index (χ1n) is 8.41. The summed E-state index contributed by atoms with van der Waals surface area (Å²) in [6, 6.07) is 2.71. The van der Waals surface area contributed by atoms with Gasteiger partial charge in [0.25, 0.3) is 0 Å². The predicted octanol–water partition coefficient (Wildman–Crippen LogP) is 2.03. The minimum absolute atomic E-state index is 0.0809. The Morgan fingerprint density at radius 1 is 1.24 bits per heavy atom. The molecule has 0 bridgehead atoms. The van der Waals surface area contributed by atoms with E-state index in [1.807, 2.05) is 0 Å². The van der Waals surface area contributed by atoms with Gasteiger partial charge in [0.1, 0.15) is 0 Å². The van der Waals surface area contributed by atoms with Crippen molar-refractivity contribution in [2.24, 2.45) is 11.7 Å². The third-order valence-electron chi connectivity index (χ3n) is 4.86. The molecule has 2 aliphatic rings. The highest BCUT2D eigenvalue weighted by molar-refractivity contribution is 6.21. The van der Waals surface area contributed by atoms with Gasteiger partial charge < -0.3 is 10.6 Å². The Bertz CT molecular complexity index is 345. The standard InChI is InChI=1S/C16H29ClN4/c1-2-3-4-5-7-20-11-14(17)16(15(19)12-20)21-8-6-13(9-18)10-21/h13-16H,2-8,10-12,19H2,1H3/t13-,14?,15?,16?/m0/s1. The maximum absolute atomic E-state index is 9.05. The number of unbranched alkanes of at least 4 members (excludes halogenated alkanes) is 3. The van der Waals surface area contributed by atoms with Crippen LogP contribution in [-0.4, -0.2) is 60.0 Å². The third kappa shape index (κ3) is 4.56. The molecule has 0 radical (unpaired) electrons. The molecule has 4 atom stereocenters. The first-order chi connectivity index (χ1) is 10.2. The average Bonchev–Trinajstić information content (AvgIpc) is 2.91. The summed E-state index contributed by atoms with van der Waals surface area (Å²) in [5.74, 6) is 0.160. The number of alkyl halides is 1. The monoisotopic (exact) mass is 312 g/mol. The van der Waals surface area contributed by atoms with Crippen LogP contribution < -0.4 is 5.73 Å². The number of nitriles is 1. The van der Waals surface area contributed by atoms with Crippen molar-refractivity contribution in [3.05, 3.63) is 0 Å². The molecule has 2 N–H and O–H groups in total. The van der Waals surface area contributed by atoms with E-state index in [4.69, 9.17) is 22.6 Å². The number of halogens is 1. The highest BCUT2D eigenvalue weighted by Crippen LogP contribution is 2.26. The highest BCUT2D eigenvalue weighted by atomic mass is 35.5. The summed E-state index contributed by atoms with van der Waals surface area (Å²) in [6.45, 7) is 7.03. The molecule has 2 fully saturated rings. The quantitative estimate of drug-likeness (QED) is 0.602. The lowest BCUT2D eigenvalue weighted by molar-refractivity contribution is 0.108. The molecule has 0 amide bonds. The third-order valence-corrected chi connectivity index (χ3v) is 5.26. The van der Waals surface area contributed by atoms with Crippen molar-refractivity contribution in [2.75, 3.05) is 32.7 Å². The van der Waals surface area contributed by atoms with Crippen molar-refractivity contribution in [1.29, 1.82) is 5.26 Å². The van der Waals surface area contributed by atoms with Crippen LogP contribution in [0.3, 0.4) is 0 Å². The van der Waals surface area contributed by atoms with Crippen LogP contribution in [-0.2, 0) is 0 Å². The van der Waals surface area contributed by atoms with Crippen LogP contribution >= 0.6 is 11.6 Å². The topological polar surface area (TPSA) is 56.3 Å². The molecular weight excluding hydrogens is 284 g/mol. The molecule has 5 heteroatoms. The number of piperidine rings is 1. The van der Waals surface area contributed by atoms with E-state index in [2.05, 4.69) is 22.8 Å². The van der Waals surface area contributed by atoms with Gasteiger partial charge in [-0.05, 0) is 25.9 Å². The van der Waals surface area contributed by atoms with Crippen molar-refractivity contribution < 1.29 is 0 Å². The second-order valence-corrected chi connectivity index (χ2v) is 7.16. The van der Waals surface area contributed by atoms with Gasteiger partial charge in [-0.15, -0.1) is 11.6 Å². The molecule has 2 heterocycles. The molecule has 0 aromatic carbocycles. The second kappa shape index (κ2) is 8.33. The van der Waals surface area contributed by atoms with Crippen molar-refractivity contribution >= 4 is 11.6 Å². The van der Waals surface area contributed by atoms with E-state index in [1.54, 1.807) is 0 Å². The number of nitrogens with zero attached hydrogens (tertiary/aromatic N) is 3. The summed E-state index contributed by atoms with van der Waals surface area (Å²) in [4.78, 5) is 4.77. The van der Waals surface area contributed by atoms with Crippen LogP contribution in [0.5, 0.6) is 0 Å². The molecule has 0 saturated carbocycles. The van der Waals surface area contributed by atoms with Crippen LogP contribution in [0.4, 0.5) is 0 Å². The molecule has 0 aliphatic carbocycles. The van der Waals surface area contributed by atoms with Crippen molar-refractivity contribution in [3.8, 4) is 6.07 Å². The zero-order valence-electron chi connectivity index (χ0n) is 13.2. The van der Waals surface area contributed by atoms with E-state index in [0.717, 1.165) is 39.1 Å². The molecule has 3 unspecified atom stereocenters. The number of hydrogen-bond donors (Lipinski definition) is 1. The molecule has 0 spiro atoms. The van der Waals surface area contributed by atoms with Gasteiger partial charge >= 0.3 is 0 Å². The van der Waals surface area contributed by atoms with Crippen molar-refractivity contribution in [2.45, 2.75) is 56.5 Å². The average molecular weight is 313 g/mol. The number of nitrogens with two attached hydrogens (primary N) is 1.